The highest BCUT2D eigenvalue weighted by atomic mass is 19.1. The molecule has 0 radical (unpaired) electrons. The summed E-state index contributed by atoms with van der Waals surface area (Å²) in [6, 6.07) is 20.9. The molecule has 31 heavy (non-hydrogen) atoms. The van der Waals surface area contributed by atoms with Crippen molar-refractivity contribution in [3.05, 3.63) is 107 Å². The Morgan fingerprint density at radius 1 is 0.839 bits per heavy atom. The van der Waals surface area contributed by atoms with Crippen LogP contribution in [0.15, 0.2) is 78.5 Å². The zero-order valence-electron chi connectivity index (χ0n) is 17.7. The van der Waals surface area contributed by atoms with E-state index in [0.29, 0.717) is 23.5 Å². The number of anilines is 1. The Bertz CT molecular complexity index is 1180. The largest absolute Gasteiger partial charge is 0.365 e. The fraction of sp³-hybridized carbons (Fsp3) is 0.154. The van der Waals surface area contributed by atoms with Crippen molar-refractivity contribution in [2.24, 2.45) is 0 Å². The average Bonchev–Trinajstić information content (AvgIpc) is 3.02. The van der Waals surface area contributed by atoms with Crippen molar-refractivity contribution in [1.82, 2.24) is 4.90 Å². The number of benzene rings is 3. The van der Waals surface area contributed by atoms with Crippen molar-refractivity contribution < 1.29 is 14.0 Å². The lowest BCUT2D eigenvalue weighted by molar-refractivity contribution is -0.120. The summed E-state index contributed by atoms with van der Waals surface area (Å²) >= 11 is 0. The van der Waals surface area contributed by atoms with Crippen LogP contribution in [0.25, 0.3) is 5.57 Å². The van der Waals surface area contributed by atoms with Crippen molar-refractivity contribution in [3.63, 3.8) is 0 Å². The number of nitrogens with zero attached hydrogens (tertiary/aromatic N) is 2. The molecule has 0 spiro atoms. The van der Waals surface area contributed by atoms with Crippen LogP contribution in [0.3, 0.4) is 0 Å². The molecular weight excluding hydrogens is 391 g/mol. The average molecular weight is 414 g/mol. The minimum atomic E-state index is -0.408. The number of amides is 2. The molecule has 1 aliphatic heterocycles. The third-order valence-corrected chi connectivity index (χ3v) is 5.59. The Morgan fingerprint density at radius 2 is 1.52 bits per heavy atom. The van der Waals surface area contributed by atoms with Crippen molar-refractivity contribution >= 4 is 23.1 Å². The molecule has 0 N–H and O–H groups in total. The maximum Gasteiger partial charge on any atom is 0.282 e. The SMILES string of the molecule is Cc1ccc(N2C(=O)C(c3ccc(F)cc3)=C(N(C)Cc3ccccc3)C2=O)cc1C. The highest BCUT2D eigenvalue weighted by Gasteiger charge is 2.41. The van der Waals surface area contributed by atoms with E-state index in [4.69, 9.17) is 0 Å². The zero-order chi connectivity index (χ0) is 22.1. The normalized spacial score (nSPS) is 13.9. The van der Waals surface area contributed by atoms with Crippen LogP contribution in [0.5, 0.6) is 0 Å². The van der Waals surface area contributed by atoms with E-state index in [-0.39, 0.29) is 11.5 Å². The van der Waals surface area contributed by atoms with Crippen LogP contribution in [0.4, 0.5) is 10.1 Å². The number of hydrogen-bond acceptors (Lipinski definition) is 3. The molecule has 2 amide bonds. The van der Waals surface area contributed by atoms with Gasteiger partial charge < -0.3 is 4.90 Å². The van der Waals surface area contributed by atoms with Gasteiger partial charge in [-0.15, -0.1) is 0 Å². The molecule has 156 valence electrons. The summed E-state index contributed by atoms with van der Waals surface area (Å²) in [6.45, 7) is 4.38. The zero-order valence-corrected chi connectivity index (χ0v) is 17.7. The highest BCUT2D eigenvalue weighted by molar-refractivity contribution is 6.45. The molecule has 1 heterocycles. The van der Waals surface area contributed by atoms with E-state index in [1.807, 2.05) is 56.3 Å². The van der Waals surface area contributed by atoms with Gasteiger partial charge in [0, 0.05) is 13.6 Å². The number of hydrogen-bond donors (Lipinski definition) is 0. The molecule has 0 bridgehead atoms. The number of rotatable bonds is 5. The molecule has 0 saturated heterocycles. The fourth-order valence-electron chi connectivity index (χ4n) is 3.78. The van der Waals surface area contributed by atoms with Gasteiger partial charge in [0.15, 0.2) is 0 Å². The van der Waals surface area contributed by atoms with E-state index in [1.54, 1.807) is 18.0 Å². The monoisotopic (exact) mass is 414 g/mol. The Morgan fingerprint density at radius 3 is 2.16 bits per heavy atom. The second kappa shape index (κ2) is 8.19. The highest BCUT2D eigenvalue weighted by Crippen LogP contribution is 2.35. The molecule has 0 aromatic heterocycles. The molecule has 4 nitrogen and oxygen atoms in total. The van der Waals surface area contributed by atoms with Gasteiger partial charge >= 0.3 is 0 Å². The summed E-state index contributed by atoms with van der Waals surface area (Å²) < 4.78 is 13.5. The minimum absolute atomic E-state index is 0.279. The molecular formula is C26H23FN2O2. The minimum Gasteiger partial charge on any atom is -0.365 e. The molecule has 5 heteroatoms. The smallest absolute Gasteiger partial charge is 0.282 e. The maximum absolute atomic E-state index is 13.5. The van der Waals surface area contributed by atoms with E-state index in [2.05, 4.69) is 0 Å². The fourth-order valence-corrected chi connectivity index (χ4v) is 3.78. The quantitative estimate of drug-likeness (QED) is 0.560. The van der Waals surface area contributed by atoms with Crippen LogP contribution in [0.2, 0.25) is 0 Å². The first-order valence-corrected chi connectivity index (χ1v) is 10.1. The van der Waals surface area contributed by atoms with Gasteiger partial charge in [-0.1, -0.05) is 48.5 Å². The van der Waals surface area contributed by atoms with Crippen molar-refractivity contribution in [3.8, 4) is 0 Å². The van der Waals surface area contributed by atoms with Gasteiger partial charge in [-0.3, -0.25) is 9.59 Å². The Hall–Kier alpha value is -3.73. The van der Waals surface area contributed by atoms with Crippen LogP contribution in [0.1, 0.15) is 22.3 Å². The Labute approximate surface area is 181 Å². The van der Waals surface area contributed by atoms with E-state index < -0.39 is 11.7 Å². The summed E-state index contributed by atoms with van der Waals surface area (Å²) in [5.74, 6) is -1.19. The van der Waals surface area contributed by atoms with Crippen molar-refractivity contribution in [1.29, 1.82) is 0 Å². The van der Waals surface area contributed by atoms with Crippen LogP contribution < -0.4 is 4.90 Å². The number of likely N-dealkylation sites (N-methyl/N-ethyl adjacent to an activating group) is 1. The second-order valence-electron chi connectivity index (χ2n) is 7.79. The van der Waals surface area contributed by atoms with Gasteiger partial charge in [-0.05, 0) is 60.4 Å². The molecule has 0 unspecified atom stereocenters. The lowest BCUT2D eigenvalue weighted by Gasteiger charge is -2.22. The number of carbonyl (C=O) groups excluding carboxylic acids is 2. The Balaban J connectivity index is 1.80. The maximum atomic E-state index is 13.5. The van der Waals surface area contributed by atoms with Crippen LogP contribution in [0, 0.1) is 19.7 Å². The van der Waals surface area contributed by atoms with Crippen LogP contribution >= 0.6 is 0 Å². The summed E-state index contributed by atoms with van der Waals surface area (Å²) in [5.41, 5.74) is 4.71. The molecule has 4 rings (SSSR count). The van der Waals surface area contributed by atoms with Crippen molar-refractivity contribution in [2.45, 2.75) is 20.4 Å². The molecule has 1 aliphatic rings. The molecule has 0 aliphatic carbocycles. The third kappa shape index (κ3) is 3.87. The molecule has 0 saturated carbocycles. The first-order valence-electron chi connectivity index (χ1n) is 10.1. The Kier molecular flexibility index (Phi) is 5.42. The standard InChI is InChI=1S/C26H23FN2O2/c1-17-9-14-22(15-18(17)2)29-25(30)23(20-10-12-21(27)13-11-20)24(26(29)31)28(3)16-19-7-5-4-6-8-19/h4-15H,16H2,1-3H3. The second-order valence-corrected chi connectivity index (χ2v) is 7.79. The predicted molar refractivity (Wildman–Crippen MR) is 120 cm³/mol. The van der Waals surface area contributed by atoms with E-state index >= 15 is 0 Å². The summed E-state index contributed by atoms with van der Waals surface area (Å²) in [5, 5.41) is 0. The molecule has 0 atom stereocenters. The first kappa shape index (κ1) is 20.5. The van der Waals surface area contributed by atoms with Crippen LogP contribution in [-0.2, 0) is 16.1 Å². The lowest BCUT2D eigenvalue weighted by atomic mass is 10.0. The van der Waals surface area contributed by atoms with Gasteiger partial charge in [0.05, 0.1) is 11.3 Å². The summed E-state index contributed by atoms with van der Waals surface area (Å²) in [7, 11) is 1.79. The van der Waals surface area contributed by atoms with E-state index in [9.17, 15) is 14.0 Å². The topological polar surface area (TPSA) is 40.6 Å². The molecule has 3 aromatic rings. The van der Waals surface area contributed by atoms with E-state index in [0.717, 1.165) is 16.7 Å². The van der Waals surface area contributed by atoms with Gasteiger partial charge in [-0.25, -0.2) is 9.29 Å². The van der Waals surface area contributed by atoms with Gasteiger partial charge in [0.25, 0.3) is 11.8 Å². The summed E-state index contributed by atoms with van der Waals surface area (Å²) in [4.78, 5) is 30.0. The number of aryl methyl sites for hydroxylation is 2. The van der Waals surface area contributed by atoms with E-state index in [1.165, 1.54) is 29.2 Å². The van der Waals surface area contributed by atoms with Gasteiger partial charge in [0.2, 0.25) is 0 Å². The number of halogens is 1. The van der Waals surface area contributed by atoms with Crippen molar-refractivity contribution in [2.75, 3.05) is 11.9 Å². The third-order valence-electron chi connectivity index (χ3n) is 5.59. The van der Waals surface area contributed by atoms with Gasteiger partial charge in [-0.2, -0.15) is 0 Å². The summed E-state index contributed by atoms with van der Waals surface area (Å²) in [6.07, 6.45) is 0. The predicted octanol–water partition coefficient (Wildman–Crippen LogP) is 4.86. The van der Waals surface area contributed by atoms with Crippen LogP contribution in [-0.4, -0.2) is 23.8 Å². The number of imide groups is 1. The molecule has 0 fully saturated rings. The first-order chi connectivity index (χ1) is 14.9. The lowest BCUT2D eigenvalue weighted by Crippen LogP contribution is -2.34. The number of carbonyl (C=O) groups is 2. The molecule has 3 aromatic carbocycles. The van der Waals surface area contributed by atoms with Gasteiger partial charge in [0.1, 0.15) is 11.5 Å².